The fraction of sp³-hybridized carbons (Fsp3) is 0.0741. The summed E-state index contributed by atoms with van der Waals surface area (Å²) in [7, 11) is 0. The minimum atomic E-state index is -1.19. The van der Waals surface area contributed by atoms with Crippen molar-refractivity contribution in [3.05, 3.63) is 109 Å². The molecule has 0 aliphatic heterocycles. The summed E-state index contributed by atoms with van der Waals surface area (Å²) in [4.78, 5) is 20.0. The van der Waals surface area contributed by atoms with Gasteiger partial charge in [0.1, 0.15) is 28.0 Å². The van der Waals surface area contributed by atoms with Gasteiger partial charge in [-0.3, -0.25) is 4.79 Å². The molecule has 0 radical (unpaired) electrons. The number of halogens is 5. The van der Waals surface area contributed by atoms with Crippen molar-refractivity contribution in [2.75, 3.05) is 0 Å². The van der Waals surface area contributed by atoms with Crippen LogP contribution in [-0.4, -0.2) is 15.9 Å². The number of amides is 1. The molecule has 0 aliphatic rings. The molecular formula is C27H18BrCl2F2N3O2S2. The van der Waals surface area contributed by atoms with Crippen molar-refractivity contribution in [2.24, 2.45) is 5.73 Å². The summed E-state index contributed by atoms with van der Waals surface area (Å²) in [5.74, 6) is -3.61. The number of aromatic nitrogens is 2. The second kappa shape index (κ2) is 13.5. The van der Waals surface area contributed by atoms with Gasteiger partial charge in [-0.05, 0) is 36.4 Å². The SMILES string of the molecule is Clc1ccc(-c2csc(CBr)n2)cc1.NC(=O)c1c(F)ccc(OCc2nc(-c3ccc(Cl)cc3)cs2)c1F. The van der Waals surface area contributed by atoms with Crippen LogP contribution in [0, 0.1) is 11.6 Å². The zero-order chi connectivity index (χ0) is 27.9. The molecule has 2 N–H and O–H groups in total. The lowest BCUT2D eigenvalue weighted by Gasteiger charge is -2.08. The van der Waals surface area contributed by atoms with E-state index in [1.165, 1.54) is 11.3 Å². The zero-order valence-corrected chi connectivity index (χ0v) is 24.6. The molecule has 12 heteroatoms. The number of ether oxygens (including phenoxy) is 1. The van der Waals surface area contributed by atoms with E-state index in [1.54, 1.807) is 23.5 Å². The maximum absolute atomic E-state index is 14.1. The number of nitrogens with zero attached hydrogens (tertiary/aromatic N) is 2. The predicted octanol–water partition coefficient (Wildman–Crippen LogP) is 8.78. The number of hydrogen-bond donors (Lipinski definition) is 1. The molecule has 0 fully saturated rings. The highest BCUT2D eigenvalue weighted by Crippen LogP contribution is 2.27. The fourth-order valence-electron chi connectivity index (χ4n) is 3.27. The lowest BCUT2D eigenvalue weighted by Crippen LogP contribution is -2.16. The second-order valence-corrected chi connectivity index (χ2v) is 11.1. The number of hydrogen-bond acceptors (Lipinski definition) is 6. The van der Waals surface area contributed by atoms with Gasteiger partial charge in [0, 0.05) is 31.9 Å². The summed E-state index contributed by atoms with van der Waals surface area (Å²) in [6.45, 7) is -0.0288. The quantitative estimate of drug-likeness (QED) is 0.176. The van der Waals surface area contributed by atoms with Crippen molar-refractivity contribution in [3.63, 3.8) is 0 Å². The number of alkyl halides is 1. The van der Waals surface area contributed by atoms with E-state index in [9.17, 15) is 13.6 Å². The highest BCUT2D eigenvalue weighted by molar-refractivity contribution is 9.08. The Labute approximate surface area is 249 Å². The number of thiazole rings is 2. The summed E-state index contributed by atoms with van der Waals surface area (Å²) < 4.78 is 32.9. The Bertz CT molecular complexity index is 1580. The molecule has 2 heterocycles. The lowest BCUT2D eigenvalue weighted by atomic mass is 10.1. The Kier molecular flexibility index (Phi) is 10.0. The molecule has 0 spiro atoms. The first kappa shape index (κ1) is 29.1. The van der Waals surface area contributed by atoms with Crippen LogP contribution in [0.25, 0.3) is 22.5 Å². The second-order valence-electron chi connectivity index (χ2n) is 7.79. The predicted molar refractivity (Wildman–Crippen MR) is 157 cm³/mol. The van der Waals surface area contributed by atoms with E-state index in [-0.39, 0.29) is 12.4 Å². The van der Waals surface area contributed by atoms with Crippen LogP contribution in [0.3, 0.4) is 0 Å². The van der Waals surface area contributed by atoms with Crippen LogP contribution in [0.1, 0.15) is 20.4 Å². The molecule has 39 heavy (non-hydrogen) atoms. The minimum Gasteiger partial charge on any atom is -0.483 e. The average molecular weight is 669 g/mol. The first-order valence-electron chi connectivity index (χ1n) is 11.1. The maximum Gasteiger partial charge on any atom is 0.254 e. The van der Waals surface area contributed by atoms with E-state index < -0.39 is 23.1 Å². The highest BCUT2D eigenvalue weighted by atomic mass is 79.9. The normalized spacial score (nSPS) is 10.6. The third-order valence-electron chi connectivity index (χ3n) is 5.15. The third-order valence-corrected chi connectivity index (χ3v) is 8.23. The first-order chi connectivity index (χ1) is 18.7. The number of nitrogens with two attached hydrogens (primary N) is 1. The van der Waals surface area contributed by atoms with Gasteiger partial charge in [-0.2, -0.15) is 0 Å². The molecule has 0 bridgehead atoms. The Hall–Kier alpha value is -2.89. The van der Waals surface area contributed by atoms with Crippen molar-refractivity contribution in [1.29, 1.82) is 0 Å². The molecule has 2 aromatic heterocycles. The van der Waals surface area contributed by atoms with Crippen LogP contribution < -0.4 is 10.5 Å². The minimum absolute atomic E-state index is 0.0288. The van der Waals surface area contributed by atoms with Gasteiger partial charge in [-0.15, -0.1) is 22.7 Å². The summed E-state index contributed by atoms with van der Waals surface area (Å²) >= 11 is 18.0. The van der Waals surface area contributed by atoms with E-state index in [4.69, 9.17) is 33.7 Å². The molecular weight excluding hydrogens is 651 g/mol. The Balaban J connectivity index is 0.000000212. The van der Waals surface area contributed by atoms with Gasteiger partial charge in [0.05, 0.1) is 16.7 Å². The molecule has 0 atom stereocenters. The van der Waals surface area contributed by atoms with Crippen LogP contribution in [0.15, 0.2) is 71.4 Å². The molecule has 5 aromatic rings. The van der Waals surface area contributed by atoms with Crippen molar-refractivity contribution >= 4 is 67.7 Å². The van der Waals surface area contributed by atoms with Crippen molar-refractivity contribution in [1.82, 2.24) is 9.97 Å². The monoisotopic (exact) mass is 667 g/mol. The summed E-state index contributed by atoms with van der Waals surface area (Å²) in [6.07, 6.45) is 0. The lowest BCUT2D eigenvalue weighted by molar-refractivity contribution is 0.0991. The highest BCUT2D eigenvalue weighted by Gasteiger charge is 2.19. The van der Waals surface area contributed by atoms with Crippen LogP contribution in [0.4, 0.5) is 8.78 Å². The smallest absolute Gasteiger partial charge is 0.254 e. The largest absolute Gasteiger partial charge is 0.483 e. The van der Waals surface area contributed by atoms with E-state index in [0.29, 0.717) is 10.0 Å². The molecule has 3 aromatic carbocycles. The topological polar surface area (TPSA) is 78.1 Å². The molecule has 0 aliphatic carbocycles. The number of carbonyl (C=O) groups is 1. The van der Waals surface area contributed by atoms with Gasteiger partial charge in [-0.25, -0.2) is 18.7 Å². The van der Waals surface area contributed by atoms with Gasteiger partial charge < -0.3 is 10.5 Å². The Morgan fingerprint density at radius 1 is 0.846 bits per heavy atom. The van der Waals surface area contributed by atoms with Gasteiger partial charge >= 0.3 is 0 Å². The number of rotatable bonds is 7. The van der Waals surface area contributed by atoms with E-state index in [1.807, 2.05) is 41.8 Å². The van der Waals surface area contributed by atoms with E-state index >= 15 is 0 Å². The van der Waals surface area contributed by atoms with Crippen LogP contribution in [0.5, 0.6) is 5.75 Å². The van der Waals surface area contributed by atoms with Gasteiger partial charge in [0.15, 0.2) is 11.6 Å². The maximum atomic E-state index is 14.1. The standard InChI is InChI=1S/C17H11ClF2N2O2S.C10H7BrClNS/c18-10-3-1-9(2-4-10)12-8-25-14(22-12)7-24-13-6-5-11(19)15(16(13)20)17(21)23;11-5-10-13-9(6-14-10)7-1-3-8(12)4-2-7/h1-6,8H,7H2,(H2,21,23);1-4,6H,5H2. The van der Waals surface area contributed by atoms with E-state index in [0.717, 1.165) is 50.0 Å². The molecule has 1 amide bonds. The Morgan fingerprint density at radius 3 is 1.85 bits per heavy atom. The Morgan fingerprint density at radius 2 is 1.36 bits per heavy atom. The number of primary amides is 1. The van der Waals surface area contributed by atoms with Crippen molar-refractivity contribution in [3.8, 4) is 28.3 Å². The van der Waals surface area contributed by atoms with Crippen LogP contribution >= 0.6 is 61.8 Å². The van der Waals surface area contributed by atoms with Gasteiger partial charge in [0.25, 0.3) is 5.91 Å². The average Bonchev–Trinajstić information content (AvgIpc) is 3.60. The zero-order valence-electron chi connectivity index (χ0n) is 19.8. The van der Waals surface area contributed by atoms with Crippen molar-refractivity contribution < 1.29 is 18.3 Å². The number of carbonyl (C=O) groups excluding carboxylic acids is 1. The van der Waals surface area contributed by atoms with Crippen LogP contribution in [0.2, 0.25) is 10.0 Å². The van der Waals surface area contributed by atoms with Gasteiger partial charge in [-0.1, -0.05) is 63.4 Å². The number of benzene rings is 3. The molecule has 0 unspecified atom stereocenters. The molecule has 0 saturated carbocycles. The molecule has 5 rings (SSSR count). The summed E-state index contributed by atoms with van der Waals surface area (Å²) in [5.41, 5.74) is 7.90. The first-order valence-corrected chi connectivity index (χ1v) is 14.8. The van der Waals surface area contributed by atoms with E-state index in [2.05, 4.69) is 31.3 Å². The third kappa shape index (κ3) is 7.61. The van der Waals surface area contributed by atoms with Crippen molar-refractivity contribution in [2.45, 2.75) is 11.9 Å². The van der Waals surface area contributed by atoms with Crippen LogP contribution in [-0.2, 0) is 11.9 Å². The van der Waals surface area contributed by atoms with Gasteiger partial charge in [0.2, 0.25) is 0 Å². The summed E-state index contributed by atoms with van der Waals surface area (Å²) in [5, 5.41) is 7.76. The molecule has 200 valence electrons. The fourth-order valence-corrected chi connectivity index (χ4v) is 5.40. The molecule has 5 nitrogen and oxygen atoms in total. The summed E-state index contributed by atoms with van der Waals surface area (Å²) in [6, 6.07) is 16.9. The molecule has 0 saturated heterocycles.